The van der Waals surface area contributed by atoms with Crippen molar-refractivity contribution in [3.63, 3.8) is 0 Å². The third-order valence-electron chi connectivity index (χ3n) is 3.50. The zero-order valence-corrected chi connectivity index (χ0v) is 13.2. The third-order valence-corrected chi connectivity index (χ3v) is 8.00. The van der Waals surface area contributed by atoms with Crippen LogP contribution < -0.4 is 5.32 Å². The summed E-state index contributed by atoms with van der Waals surface area (Å²) in [4.78, 5) is 11.2. The molecule has 0 aromatic rings. The molecule has 0 aromatic heterocycles. The fraction of sp³-hybridized carbons (Fsp3) is 0.917. The molecule has 0 spiro atoms. The first-order chi connectivity index (χ1) is 7.64. The van der Waals surface area contributed by atoms with Gasteiger partial charge in [0, 0.05) is 12.6 Å². The van der Waals surface area contributed by atoms with Crippen molar-refractivity contribution in [1.29, 1.82) is 0 Å². The van der Waals surface area contributed by atoms with Crippen LogP contribution in [0, 0.1) is 0 Å². The molecule has 0 bridgehead atoms. The molecular weight excluding hydrogens is 234 g/mol. The van der Waals surface area contributed by atoms with Gasteiger partial charge in [0.25, 0.3) is 0 Å². The average molecular weight is 261 g/mol. The maximum absolute atomic E-state index is 11.2. The largest absolute Gasteiger partial charge is 0.469 e. The van der Waals surface area contributed by atoms with E-state index in [1.54, 1.807) is 0 Å². The van der Waals surface area contributed by atoms with Crippen LogP contribution >= 0.6 is 0 Å². The Morgan fingerprint density at radius 1 is 1.35 bits per heavy atom. The van der Waals surface area contributed by atoms with Gasteiger partial charge in [0.2, 0.25) is 0 Å². The minimum Gasteiger partial charge on any atom is -0.469 e. The number of methoxy groups -OCH3 is 1. The number of rotatable bonds is 6. The molecule has 0 saturated carbocycles. The van der Waals surface area contributed by atoms with Crippen LogP contribution in [0.2, 0.25) is 18.1 Å². The predicted molar refractivity (Wildman–Crippen MR) is 72.6 cm³/mol. The summed E-state index contributed by atoms with van der Waals surface area (Å²) in [6.07, 6.45) is 0.349. The van der Waals surface area contributed by atoms with Crippen LogP contribution in [-0.2, 0) is 14.0 Å². The Morgan fingerprint density at radius 3 is 2.24 bits per heavy atom. The first-order valence-corrected chi connectivity index (χ1v) is 8.93. The number of carbonyl (C=O) groups excluding carboxylic acids is 1. The Balaban J connectivity index is 4.28. The van der Waals surface area contributed by atoms with Crippen molar-refractivity contribution in [3.8, 4) is 0 Å². The van der Waals surface area contributed by atoms with Crippen molar-refractivity contribution in [2.75, 3.05) is 20.8 Å². The van der Waals surface area contributed by atoms with Gasteiger partial charge in [-0.05, 0) is 25.2 Å². The van der Waals surface area contributed by atoms with E-state index in [-0.39, 0.29) is 17.0 Å². The van der Waals surface area contributed by atoms with Gasteiger partial charge in [0.05, 0.1) is 13.5 Å². The van der Waals surface area contributed by atoms with E-state index in [0.29, 0.717) is 13.0 Å². The van der Waals surface area contributed by atoms with E-state index < -0.39 is 8.32 Å². The van der Waals surface area contributed by atoms with Gasteiger partial charge in [-0.15, -0.1) is 0 Å². The molecule has 0 amide bonds. The van der Waals surface area contributed by atoms with Gasteiger partial charge in [-0.25, -0.2) is 0 Å². The highest BCUT2D eigenvalue weighted by Gasteiger charge is 2.37. The lowest BCUT2D eigenvalue weighted by Crippen LogP contribution is -2.45. The standard InChI is InChI=1S/C12H27NO3Si/c1-12(2,3)17(6,7)16-9-10(13-4)8-11(14)15-5/h10,13H,8-9H2,1-7H3/t10-/m1/s1. The molecule has 0 unspecified atom stereocenters. The summed E-state index contributed by atoms with van der Waals surface area (Å²) in [7, 11) is 1.51. The maximum atomic E-state index is 11.2. The number of ether oxygens (including phenoxy) is 1. The molecule has 1 atom stereocenters. The Kier molecular flexibility index (Phi) is 6.36. The Bertz CT molecular complexity index is 249. The van der Waals surface area contributed by atoms with Gasteiger partial charge in [-0.3, -0.25) is 4.79 Å². The molecule has 0 saturated heterocycles. The fourth-order valence-electron chi connectivity index (χ4n) is 1.05. The molecule has 0 aliphatic rings. The lowest BCUT2D eigenvalue weighted by molar-refractivity contribution is -0.141. The molecule has 0 radical (unpaired) electrons. The van der Waals surface area contributed by atoms with Gasteiger partial charge < -0.3 is 14.5 Å². The molecular formula is C12H27NO3Si. The average Bonchev–Trinajstić information content (AvgIpc) is 2.22. The minimum atomic E-state index is -1.74. The normalized spacial score (nSPS) is 14.5. The lowest BCUT2D eigenvalue weighted by atomic mass is 10.2. The van der Waals surface area contributed by atoms with Crippen molar-refractivity contribution in [2.45, 2.75) is 51.4 Å². The second-order valence-electron chi connectivity index (χ2n) is 5.84. The van der Waals surface area contributed by atoms with Crippen LogP contribution in [0.25, 0.3) is 0 Å². The number of hydrogen-bond donors (Lipinski definition) is 1. The van der Waals surface area contributed by atoms with E-state index in [2.05, 4.69) is 43.9 Å². The summed E-state index contributed by atoms with van der Waals surface area (Å²) >= 11 is 0. The predicted octanol–water partition coefficient (Wildman–Crippen LogP) is 2.16. The molecule has 0 heterocycles. The lowest BCUT2D eigenvalue weighted by Gasteiger charge is -2.37. The first kappa shape index (κ1) is 16.6. The zero-order chi connectivity index (χ0) is 13.7. The molecule has 102 valence electrons. The fourth-order valence-corrected chi connectivity index (χ4v) is 2.11. The molecule has 5 heteroatoms. The summed E-state index contributed by atoms with van der Waals surface area (Å²) in [5, 5.41) is 3.28. The second kappa shape index (κ2) is 6.52. The van der Waals surface area contributed by atoms with E-state index >= 15 is 0 Å². The number of esters is 1. The molecule has 0 aromatic carbocycles. The summed E-state index contributed by atoms with van der Waals surface area (Å²) < 4.78 is 10.7. The molecule has 17 heavy (non-hydrogen) atoms. The van der Waals surface area contributed by atoms with Crippen molar-refractivity contribution >= 4 is 14.3 Å². The maximum Gasteiger partial charge on any atom is 0.307 e. The van der Waals surface area contributed by atoms with Crippen LogP contribution in [0.4, 0.5) is 0 Å². The van der Waals surface area contributed by atoms with E-state index in [1.807, 2.05) is 7.05 Å². The van der Waals surface area contributed by atoms with Gasteiger partial charge in [-0.1, -0.05) is 20.8 Å². The molecule has 0 aliphatic carbocycles. The van der Waals surface area contributed by atoms with Gasteiger partial charge in [-0.2, -0.15) is 0 Å². The first-order valence-electron chi connectivity index (χ1n) is 6.02. The van der Waals surface area contributed by atoms with Crippen molar-refractivity contribution in [3.05, 3.63) is 0 Å². The quantitative estimate of drug-likeness (QED) is 0.588. The van der Waals surface area contributed by atoms with Gasteiger partial charge >= 0.3 is 5.97 Å². The molecule has 4 nitrogen and oxygen atoms in total. The molecule has 0 fully saturated rings. The van der Waals surface area contributed by atoms with Gasteiger partial charge in [0.15, 0.2) is 8.32 Å². The molecule has 0 aliphatic heterocycles. The monoisotopic (exact) mass is 261 g/mol. The molecule has 1 N–H and O–H groups in total. The summed E-state index contributed by atoms with van der Waals surface area (Å²) in [5.41, 5.74) is 0. The minimum absolute atomic E-state index is 0.0246. The highest BCUT2D eigenvalue weighted by Crippen LogP contribution is 2.36. The van der Waals surface area contributed by atoms with Crippen LogP contribution in [0.1, 0.15) is 27.2 Å². The van der Waals surface area contributed by atoms with E-state index in [9.17, 15) is 4.79 Å². The summed E-state index contributed by atoms with van der Waals surface area (Å²) in [5.74, 6) is -0.205. The Morgan fingerprint density at radius 2 is 1.88 bits per heavy atom. The van der Waals surface area contributed by atoms with Crippen molar-refractivity contribution in [2.24, 2.45) is 0 Å². The topological polar surface area (TPSA) is 47.6 Å². The Hall–Kier alpha value is -0.393. The van der Waals surface area contributed by atoms with Crippen LogP contribution in [0.15, 0.2) is 0 Å². The van der Waals surface area contributed by atoms with Crippen LogP contribution in [0.5, 0.6) is 0 Å². The van der Waals surface area contributed by atoms with E-state index in [4.69, 9.17) is 4.43 Å². The van der Waals surface area contributed by atoms with Gasteiger partial charge in [0.1, 0.15) is 0 Å². The number of nitrogens with one attached hydrogen (secondary N) is 1. The summed E-state index contributed by atoms with van der Waals surface area (Å²) in [6, 6.07) is 0.0246. The smallest absolute Gasteiger partial charge is 0.307 e. The second-order valence-corrected chi connectivity index (χ2v) is 10.6. The SMILES string of the molecule is CN[C@@H](CO[Si](C)(C)C(C)(C)C)CC(=O)OC. The number of carbonyl (C=O) groups is 1. The Labute approximate surface area is 106 Å². The van der Waals surface area contributed by atoms with E-state index in [1.165, 1.54) is 7.11 Å². The number of hydrogen-bond acceptors (Lipinski definition) is 4. The molecule has 0 rings (SSSR count). The zero-order valence-electron chi connectivity index (χ0n) is 12.2. The highest BCUT2D eigenvalue weighted by molar-refractivity contribution is 6.74. The van der Waals surface area contributed by atoms with E-state index in [0.717, 1.165) is 0 Å². The number of likely N-dealkylation sites (N-methyl/N-ethyl adjacent to an activating group) is 1. The summed E-state index contributed by atoms with van der Waals surface area (Å²) in [6.45, 7) is 11.6. The van der Waals surface area contributed by atoms with Crippen molar-refractivity contribution < 1.29 is 14.0 Å². The van der Waals surface area contributed by atoms with Crippen LogP contribution in [0.3, 0.4) is 0 Å². The third kappa shape index (κ3) is 5.65. The van der Waals surface area contributed by atoms with Crippen LogP contribution in [-0.4, -0.2) is 41.1 Å². The highest BCUT2D eigenvalue weighted by atomic mass is 28.4. The van der Waals surface area contributed by atoms with Crippen molar-refractivity contribution in [1.82, 2.24) is 5.32 Å².